The zero-order valence-corrected chi connectivity index (χ0v) is 12.7. The lowest BCUT2D eigenvalue weighted by molar-refractivity contribution is 0.0955. The molecule has 0 aliphatic heterocycles. The van der Waals surface area contributed by atoms with E-state index in [9.17, 15) is 9.90 Å². The number of phenolic OH excluding ortho intramolecular Hbond substituents is 1. The van der Waals surface area contributed by atoms with Gasteiger partial charge in [-0.25, -0.2) is 5.43 Å². The van der Waals surface area contributed by atoms with Crippen LogP contribution >= 0.6 is 34.8 Å². The van der Waals surface area contributed by atoms with Crippen molar-refractivity contribution in [3.63, 3.8) is 0 Å². The summed E-state index contributed by atoms with van der Waals surface area (Å²) >= 11 is 17.3. The van der Waals surface area contributed by atoms with Crippen LogP contribution in [0, 0.1) is 0 Å². The van der Waals surface area contributed by atoms with Crippen molar-refractivity contribution < 1.29 is 9.90 Å². The van der Waals surface area contributed by atoms with Crippen LogP contribution in [-0.2, 0) is 0 Å². The van der Waals surface area contributed by atoms with Crippen molar-refractivity contribution in [2.24, 2.45) is 5.10 Å². The highest BCUT2D eigenvalue weighted by Gasteiger charge is 2.08. The quantitative estimate of drug-likeness (QED) is 0.650. The molecule has 0 atom stereocenters. The summed E-state index contributed by atoms with van der Waals surface area (Å²) in [5, 5.41) is 14.3. The number of amides is 1. The van der Waals surface area contributed by atoms with Crippen LogP contribution in [-0.4, -0.2) is 17.2 Å². The van der Waals surface area contributed by atoms with Crippen LogP contribution in [0.2, 0.25) is 15.1 Å². The molecule has 108 valence electrons. The van der Waals surface area contributed by atoms with E-state index >= 15 is 0 Å². The average Bonchev–Trinajstić information content (AvgIpc) is 2.48. The molecule has 0 heterocycles. The summed E-state index contributed by atoms with van der Waals surface area (Å²) in [6.45, 7) is 0. The van der Waals surface area contributed by atoms with Gasteiger partial charge in [0.15, 0.2) is 0 Å². The lowest BCUT2D eigenvalue weighted by Gasteiger charge is -2.03. The number of rotatable bonds is 3. The number of aromatic hydroxyl groups is 1. The third kappa shape index (κ3) is 3.88. The molecule has 7 heteroatoms. The van der Waals surface area contributed by atoms with Crippen molar-refractivity contribution in [3.05, 3.63) is 62.6 Å². The first-order chi connectivity index (χ1) is 9.99. The van der Waals surface area contributed by atoms with Gasteiger partial charge in [-0.05, 0) is 36.4 Å². The number of hydrogen-bond acceptors (Lipinski definition) is 3. The van der Waals surface area contributed by atoms with Crippen LogP contribution in [0.4, 0.5) is 0 Å². The fraction of sp³-hybridized carbons (Fsp3) is 0. The van der Waals surface area contributed by atoms with E-state index in [0.717, 1.165) is 0 Å². The van der Waals surface area contributed by atoms with Gasteiger partial charge in [0.25, 0.3) is 5.91 Å². The lowest BCUT2D eigenvalue weighted by atomic mass is 10.2. The van der Waals surface area contributed by atoms with E-state index in [0.29, 0.717) is 16.1 Å². The maximum atomic E-state index is 11.8. The minimum atomic E-state index is -0.400. The van der Waals surface area contributed by atoms with Crippen molar-refractivity contribution in [2.45, 2.75) is 0 Å². The molecular weight excluding hydrogens is 335 g/mol. The van der Waals surface area contributed by atoms with E-state index < -0.39 is 5.91 Å². The maximum absolute atomic E-state index is 11.8. The summed E-state index contributed by atoms with van der Waals surface area (Å²) in [5.41, 5.74) is 3.07. The summed E-state index contributed by atoms with van der Waals surface area (Å²) < 4.78 is 0. The number of nitrogens with one attached hydrogen (secondary N) is 1. The Kier molecular flexibility index (Phi) is 5.07. The van der Waals surface area contributed by atoms with Gasteiger partial charge in [-0.15, -0.1) is 0 Å². The fourth-order valence-corrected chi connectivity index (χ4v) is 1.94. The Bertz CT molecular complexity index is 700. The molecule has 0 aliphatic rings. The molecule has 21 heavy (non-hydrogen) atoms. The zero-order chi connectivity index (χ0) is 15.4. The zero-order valence-electron chi connectivity index (χ0n) is 10.5. The second-order valence-electron chi connectivity index (χ2n) is 4.01. The summed E-state index contributed by atoms with van der Waals surface area (Å²) in [5.74, 6) is -0.601. The largest absolute Gasteiger partial charge is 0.506 e. The third-order valence-electron chi connectivity index (χ3n) is 2.58. The molecule has 2 N–H and O–H groups in total. The summed E-state index contributed by atoms with van der Waals surface area (Å²) in [6, 6.07) is 9.40. The third-order valence-corrected chi connectivity index (χ3v) is 3.62. The van der Waals surface area contributed by atoms with Gasteiger partial charge >= 0.3 is 0 Å². The number of phenols is 1. The first-order valence-electron chi connectivity index (χ1n) is 5.75. The Balaban J connectivity index is 2.07. The van der Waals surface area contributed by atoms with Crippen LogP contribution in [0.3, 0.4) is 0 Å². The SMILES string of the molecule is O=C(NN=Cc1ccc(Cl)c(Cl)c1O)c1ccc(Cl)cc1. The molecule has 0 aliphatic carbocycles. The van der Waals surface area contributed by atoms with Crippen molar-refractivity contribution >= 4 is 46.9 Å². The Morgan fingerprint density at radius 3 is 2.43 bits per heavy atom. The minimum absolute atomic E-state index is 0.0321. The molecule has 0 radical (unpaired) electrons. The van der Waals surface area contributed by atoms with Gasteiger partial charge in [-0.2, -0.15) is 5.10 Å². The van der Waals surface area contributed by atoms with Gasteiger partial charge in [0.05, 0.1) is 11.2 Å². The van der Waals surface area contributed by atoms with Gasteiger partial charge < -0.3 is 5.11 Å². The van der Waals surface area contributed by atoms with Crippen molar-refractivity contribution in [1.29, 1.82) is 0 Å². The van der Waals surface area contributed by atoms with Gasteiger partial charge in [0, 0.05) is 16.1 Å². The number of carbonyl (C=O) groups excluding carboxylic acids is 1. The van der Waals surface area contributed by atoms with E-state index in [1.807, 2.05) is 0 Å². The summed E-state index contributed by atoms with van der Waals surface area (Å²) in [7, 11) is 0. The van der Waals surface area contributed by atoms with Crippen molar-refractivity contribution in [1.82, 2.24) is 5.43 Å². The Hall–Kier alpha value is -1.75. The minimum Gasteiger partial charge on any atom is -0.506 e. The molecule has 0 unspecified atom stereocenters. The number of carbonyl (C=O) groups is 1. The Labute approximate surface area is 135 Å². The smallest absolute Gasteiger partial charge is 0.271 e. The number of halogens is 3. The summed E-state index contributed by atoms with van der Waals surface area (Å²) in [4.78, 5) is 11.8. The van der Waals surface area contributed by atoms with E-state index in [-0.39, 0.29) is 15.8 Å². The topological polar surface area (TPSA) is 61.7 Å². The maximum Gasteiger partial charge on any atom is 0.271 e. The first kappa shape index (κ1) is 15.6. The highest BCUT2D eigenvalue weighted by molar-refractivity contribution is 6.43. The molecule has 1 amide bonds. The van der Waals surface area contributed by atoms with E-state index in [4.69, 9.17) is 34.8 Å². The highest BCUT2D eigenvalue weighted by atomic mass is 35.5. The van der Waals surface area contributed by atoms with Crippen LogP contribution in [0.1, 0.15) is 15.9 Å². The second kappa shape index (κ2) is 6.80. The molecule has 0 bridgehead atoms. The molecule has 0 spiro atoms. The normalized spacial score (nSPS) is 10.8. The molecule has 0 saturated heterocycles. The molecule has 2 aromatic rings. The average molecular weight is 344 g/mol. The number of benzene rings is 2. The second-order valence-corrected chi connectivity index (χ2v) is 5.23. The highest BCUT2D eigenvalue weighted by Crippen LogP contribution is 2.33. The molecule has 0 aromatic heterocycles. The molecule has 2 aromatic carbocycles. The number of hydrazone groups is 1. The Morgan fingerprint density at radius 2 is 1.76 bits per heavy atom. The van der Waals surface area contributed by atoms with Gasteiger partial charge in [0.1, 0.15) is 10.8 Å². The van der Waals surface area contributed by atoms with Gasteiger partial charge in [-0.1, -0.05) is 34.8 Å². The van der Waals surface area contributed by atoms with E-state index in [1.54, 1.807) is 24.3 Å². The van der Waals surface area contributed by atoms with Crippen molar-refractivity contribution in [2.75, 3.05) is 0 Å². The number of hydrogen-bond donors (Lipinski definition) is 2. The predicted octanol–water partition coefficient (Wildman–Crippen LogP) is 4.12. The van der Waals surface area contributed by atoms with Crippen LogP contribution < -0.4 is 5.43 Å². The standard InChI is InChI=1S/C14H9Cl3N2O2/c15-10-4-1-8(2-5-10)14(21)19-18-7-9-3-6-11(16)12(17)13(9)20/h1-7,20H,(H,19,21). The Morgan fingerprint density at radius 1 is 1.10 bits per heavy atom. The lowest BCUT2D eigenvalue weighted by Crippen LogP contribution is -2.17. The monoisotopic (exact) mass is 342 g/mol. The van der Waals surface area contributed by atoms with Gasteiger partial charge in [-0.3, -0.25) is 4.79 Å². The van der Waals surface area contributed by atoms with E-state index in [2.05, 4.69) is 10.5 Å². The first-order valence-corrected chi connectivity index (χ1v) is 6.88. The van der Waals surface area contributed by atoms with Crippen LogP contribution in [0.25, 0.3) is 0 Å². The fourth-order valence-electron chi connectivity index (χ4n) is 1.49. The predicted molar refractivity (Wildman–Crippen MR) is 84.6 cm³/mol. The number of nitrogens with zero attached hydrogens (tertiary/aromatic N) is 1. The molecular formula is C14H9Cl3N2O2. The van der Waals surface area contributed by atoms with Crippen molar-refractivity contribution in [3.8, 4) is 5.75 Å². The molecule has 4 nitrogen and oxygen atoms in total. The molecule has 2 rings (SSSR count). The van der Waals surface area contributed by atoms with Crippen LogP contribution in [0.15, 0.2) is 41.5 Å². The summed E-state index contributed by atoms with van der Waals surface area (Å²) in [6.07, 6.45) is 1.27. The van der Waals surface area contributed by atoms with E-state index in [1.165, 1.54) is 18.3 Å². The van der Waals surface area contributed by atoms with Crippen LogP contribution in [0.5, 0.6) is 5.75 Å². The molecule has 0 saturated carbocycles. The molecule has 0 fully saturated rings. The van der Waals surface area contributed by atoms with Gasteiger partial charge in [0.2, 0.25) is 0 Å².